The molecule has 0 bridgehead atoms. The van der Waals surface area contributed by atoms with Crippen LogP contribution in [0.2, 0.25) is 0 Å². The van der Waals surface area contributed by atoms with E-state index in [1.165, 1.54) is 0 Å². The number of aryl methyl sites for hydroxylation is 1. The summed E-state index contributed by atoms with van der Waals surface area (Å²) in [6.45, 7) is 4.53. The highest BCUT2D eigenvalue weighted by atomic mass is 16.2. The molecule has 1 heterocycles. The molecule has 1 aromatic rings. The van der Waals surface area contributed by atoms with Crippen molar-refractivity contribution >= 4 is 5.91 Å². The van der Waals surface area contributed by atoms with Gasteiger partial charge in [0.1, 0.15) is 0 Å². The predicted molar refractivity (Wildman–Crippen MR) is 64.0 cm³/mol. The Balaban J connectivity index is 2.49. The first-order valence-corrected chi connectivity index (χ1v) is 5.36. The number of rotatable bonds is 4. The van der Waals surface area contributed by atoms with Gasteiger partial charge in [0.2, 0.25) is 5.91 Å². The molecule has 0 fully saturated rings. The minimum Gasteiger partial charge on any atom is -0.347 e. The second-order valence-corrected chi connectivity index (χ2v) is 4.21. The zero-order chi connectivity index (χ0) is 12.1. The van der Waals surface area contributed by atoms with Crippen LogP contribution in [0.1, 0.15) is 18.1 Å². The quantitative estimate of drug-likeness (QED) is 0.823. The molecule has 4 nitrogen and oxygen atoms in total. The van der Waals surface area contributed by atoms with Crippen molar-refractivity contribution in [1.82, 2.24) is 15.2 Å². The minimum atomic E-state index is -0.171. The molecule has 16 heavy (non-hydrogen) atoms. The number of likely N-dealkylation sites (N-methyl/N-ethyl adjacent to an activating group) is 1. The summed E-state index contributed by atoms with van der Waals surface area (Å²) in [5.74, 6) is 0.0839. The predicted octanol–water partition coefficient (Wildman–Crippen LogP) is 0.956. The van der Waals surface area contributed by atoms with Crippen LogP contribution in [0.4, 0.5) is 0 Å². The third-order valence-corrected chi connectivity index (χ3v) is 2.36. The van der Waals surface area contributed by atoms with Gasteiger partial charge in [0.05, 0.1) is 6.04 Å². The van der Waals surface area contributed by atoms with Crippen molar-refractivity contribution in [2.24, 2.45) is 0 Å². The Morgan fingerprint density at radius 3 is 2.75 bits per heavy atom. The standard InChI is InChI=1S/C12H19N3O/c1-9-5-11(7-13-6-9)8-14-10(2)12(16)15(3)4/h5-7,10,14H,8H2,1-4H3. The van der Waals surface area contributed by atoms with E-state index in [0.29, 0.717) is 6.54 Å². The van der Waals surface area contributed by atoms with E-state index < -0.39 is 0 Å². The maximum absolute atomic E-state index is 11.6. The molecule has 4 heteroatoms. The van der Waals surface area contributed by atoms with Gasteiger partial charge >= 0.3 is 0 Å². The van der Waals surface area contributed by atoms with Gasteiger partial charge in [0.15, 0.2) is 0 Å². The van der Waals surface area contributed by atoms with Crippen molar-refractivity contribution in [3.63, 3.8) is 0 Å². The van der Waals surface area contributed by atoms with Crippen molar-refractivity contribution in [3.8, 4) is 0 Å². The van der Waals surface area contributed by atoms with Gasteiger partial charge in [-0.25, -0.2) is 0 Å². The van der Waals surface area contributed by atoms with E-state index in [1.807, 2.05) is 26.2 Å². The number of hydrogen-bond acceptors (Lipinski definition) is 3. The summed E-state index contributed by atoms with van der Waals surface area (Å²) in [5.41, 5.74) is 2.23. The number of carbonyl (C=O) groups is 1. The molecule has 0 radical (unpaired) electrons. The highest BCUT2D eigenvalue weighted by Gasteiger charge is 2.13. The molecular formula is C12H19N3O. The zero-order valence-electron chi connectivity index (χ0n) is 10.3. The molecule has 1 amide bonds. The van der Waals surface area contributed by atoms with E-state index in [9.17, 15) is 4.79 Å². The number of nitrogens with one attached hydrogen (secondary N) is 1. The summed E-state index contributed by atoms with van der Waals surface area (Å²) in [6.07, 6.45) is 3.63. The van der Waals surface area contributed by atoms with Crippen LogP contribution in [0.25, 0.3) is 0 Å². The first-order chi connectivity index (χ1) is 7.50. The van der Waals surface area contributed by atoms with Crippen molar-refractivity contribution < 1.29 is 4.79 Å². The Labute approximate surface area is 96.7 Å². The Hall–Kier alpha value is -1.42. The van der Waals surface area contributed by atoms with Crippen molar-refractivity contribution in [2.75, 3.05) is 14.1 Å². The van der Waals surface area contributed by atoms with Gasteiger partial charge < -0.3 is 10.2 Å². The molecule has 0 aliphatic heterocycles. The summed E-state index contributed by atoms with van der Waals surface area (Å²) >= 11 is 0. The van der Waals surface area contributed by atoms with Gasteiger partial charge in [-0.2, -0.15) is 0 Å². The van der Waals surface area contributed by atoms with Crippen molar-refractivity contribution in [3.05, 3.63) is 29.6 Å². The summed E-state index contributed by atoms with van der Waals surface area (Å²) in [7, 11) is 3.52. The number of amides is 1. The molecule has 0 aromatic carbocycles. The van der Waals surface area contributed by atoms with Gasteiger partial charge in [0.25, 0.3) is 0 Å². The molecule has 1 atom stereocenters. The first-order valence-electron chi connectivity index (χ1n) is 5.36. The van der Waals surface area contributed by atoms with Crippen molar-refractivity contribution in [1.29, 1.82) is 0 Å². The van der Waals surface area contributed by atoms with Gasteiger partial charge in [0, 0.05) is 33.0 Å². The maximum Gasteiger partial charge on any atom is 0.238 e. The van der Waals surface area contributed by atoms with E-state index in [4.69, 9.17) is 0 Å². The largest absolute Gasteiger partial charge is 0.347 e. The third-order valence-electron chi connectivity index (χ3n) is 2.36. The molecule has 1 N–H and O–H groups in total. The number of aromatic nitrogens is 1. The molecule has 0 saturated carbocycles. The molecule has 1 rings (SSSR count). The average Bonchev–Trinajstić information content (AvgIpc) is 2.24. The lowest BCUT2D eigenvalue weighted by atomic mass is 10.2. The molecule has 1 aromatic heterocycles. The lowest BCUT2D eigenvalue weighted by Crippen LogP contribution is -2.41. The van der Waals surface area contributed by atoms with E-state index in [1.54, 1.807) is 19.0 Å². The smallest absolute Gasteiger partial charge is 0.238 e. The lowest BCUT2D eigenvalue weighted by Gasteiger charge is -2.17. The highest BCUT2D eigenvalue weighted by Crippen LogP contribution is 2.01. The Kier molecular flexibility index (Phi) is 4.43. The summed E-state index contributed by atoms with van der Waals surface area (Å²) in [5, 5.41) is 3.18. The SMILES string of the molecule is Cc1cncc(CNC(C)C(=O)N(C)C)c1. The topological polar surface area (TPSA) is 45.2 Å². The van der Waals surface area contributed by atoms with Crippen LogP contribution in [0, 0.1) is 6.92 Å². The summed E-state index contributed by atoms with van der Waals surface area (Å²) in [4.78, 5) is 17.3. The molecule has 0 aliphatic carbocycles. The number of nitrogens with zero attached hydrogens (tertiary/aromatic N) is 2. The lowest BCUT2D eigenvalue weighted by molar-refractivity contribution is -0.130. The number of hydrogen-bond donors (Lipinski definition) is 1. The fourth-order valence-electron chi connectivity index (χ4n) is 1.46. The van der Waals surface area contributed by atoms with Crippen LogP contribution in [0.15, 0.2) is 18.5 Å². The van der Waals surface area contributed by atoms with Crippen LogP contribution in [0.5, 0.6) is 0 Å². The van der Waals surface area contributed by atoms with Crippen LogP contribution in [0.3, 0.4) is 0 Å². The van der Waals surface area contributed by atoms with Crippen LogP contribution < -0.4 is 5.32 Å². The molecule has 0 aliphatic rings. The first kappa shape index (κ1) is 12.6. The van der Waals surface area contributed by atoms with Gasteiger partial charge in [-0.15, -0.1) is 0 Å². The van der Waals surface area contributed by atoms with Crippen molar-refractivity contribution in [2.45, 2.75) is 26.4 Å². The van der Waals surface area contributed by atoms with E-state index in [0.717, 1.165) is 11.1 Å². The molecule has 0 saturated heterocycles. The van der Waals surface area contributed by atoms with Gasteiger partial charge in [-0.05, 0) is 25.0 Å². The van der Waals surface area contributed by atoms with E-state index in [-0.39, 0.29) is 11.9 Å². The number of carbonyl (C=O) groups excluding carboxylic acids is 1. The Morgan fingerprint density at radius 1 is 1.50 bits per heavy atom. The van der Waals surface area contributed by atoms with Crippen LogP contribution >= 0.6 is 0 Å². The highest BCUT2D eigenvalue weighted by molar-refractivity contribution is 5.80. The zero-order valence-corrected chi connectivity index (χ0v) is 10.3. The summed E-state index contributed by atoms with van der Waals surface area (Å²) < 4.78 is 0. The van der Waals surface area contributed by atoms with E-state index >= 15 is 0 Å². The average molecular weight is 221 g/mol. The van der Waals surface area contributed by atoms with Crippen LogP contribution in [-0.4, -0.2) is 35.9 Å². The van der Waals surface area contributed by atoms with E-state index in [2.05, 4.69) is 16.4 Å². The normalized spacial score (nSPS) is 12.2. The molecule has 88 valence electrons. The second-order valence-electron chi connectivity index (χ2n) is 4.21. The third kappa shape index (κ3) is 3.62. The fourth-order valence-corrected chi connectivity index (χ4v) is 1.46. The molecule has 1 unspecified atom stereocenters. The van der Waals surface area contributed by atoms with Crippen LogP contribution in [-0.2, 0) is 11.3 Å². The second kappa shape index (κ2) is 5.61. The Morgan fingerprint density at radius 2 is 2.19 bits per heavy atom. The summed E-state index contributed by atoms with van der Waals surface area (Å²) in [6, 6.07) is 1.89. The Bertz CT molecular complexity index is 363. The molecular weight excluding hydrogens is 202 g/mol. The fraction of sp³-hybridized carbons (Fsp3) is 0.500. The van der Waals surface area contributed by atoms with Gasteiger partial charge in [-0.1, -0.05) is 6.07 Å². The monoisotopic (exact) mass is 221 g/mol. The number of pyridine rings is 1. The molecule has 0 spiro atoms. The maximum atomic E-state index is 11.6. The van der Waals surface area contributed by atoms with Gasteiger partial charge in [-0.3, -0.25) is 9.78 Å². The minimum absolute atomic E-state index is 0.0839.